The Morgan fingerprint density at radius 1 is 1.35 bits per heavy atom. The third-order valence-electron chi connectivity index (χ3n) is 3.12. The molecule has 0 saturated carbocycles. The number of hydrogen-bond acceptors (Lipinski definition) is 4. The molecule has 0 aliphatic rings. The molecular weight excluding hydrogens is 314 g/mol. The summed E-state index contributed by atoms with van der Waals surface area (Å²) in [6.07, 6.45) is 3.27. The number of hydrogen-bond donors (Lipinski definition) is 2. The maximum absolute atomic E-state index is 11.9. The highest BCUT2D eigenvalue weighted by Gasteiger charge is 2.19. The summed E-state index contributed by atoms with van der Waals surface area (Å²) in [4.78, 5) is 16.7. The first kappa shape index (κ1) is 17.2. The average Bonchev–Trinajstić information content (AvgIpc) is 2.94. The first-order chi connectivity index (χ1) is 10.8. The van der Waals surface area contributed by atoms with Gasteiger partial charge in [-0.2, -0.15) is 0 Å². The number of carbonyl (C=O) groups excluding carboxylic acids is 1. The lowest BCUT2D eigenvalue weighted by molar-refractivity contribution is 0.250. The molecule has 0 radical (unpaired) electrons. The molecule has 0 unspecified atom stereocenters. The number of anilines is 1. The Morgan fingerprint density at radius 2 is 2.09 bits per heavy atom. The van der Waals surface area contributed by atoms with Crippen molar-refractivity contribution in [3.8, 4) is 0 Å². The minimum absolute atomic E-state index is 0.121. The molecule has 0 saturated heterocycles. The number of carbonyl (C=O) groups is 1. The molecule has 2 aromatic rings. The van der Waals surface area contributed by atoms with E-state index in [-0.39, 0.29) is 18.0 Å². The Kier molecular flexibility index (Phi) is 5.20. The Hall–Kier alpha value is -2.15. The highest BCUT2D eigenvalue weighted by atomic mass is 32.2. The summed E-state index contributed by atoms with van der Waals surface area (Å²) in [5.41, 5.74) is 0.460. The van der Waals surface area contributed by atoms with Crippen molar-refractivity contribution in [1.82, 2.24) is 10.3 Å². The molecule has 1 aromatic heterocycles. The van der Waals surface area contributed by atoms with E-state index in [0.29, 0.717) is 16.5 Å². The molecule has 7 heteroatoms. The highest BCUT2D eigenvalue weighted by Crippen LogP contribution is 2.22. The highest BCUT2D eigenvalue weighted by molar-refractivity contribution is 7.84. The lowest BCUT2D eigenvalue weighted by Crippen LogP contribution is -2.28. The first-order valence-corrected chi connectivity index (χ1v) is 8.75. The maximum atomic E-state index is 11.9. The predicted molar refractivity (Wildman–Crippen MR) is 89.8 cm³/mol. The van der Waals surface area contributed by atoms with Crippen LogP contribution in [0.3, 0.4) is 0 Å². The van der Waals surface area contributed by atoms with Gasteiger partial charge in [0.25, 0.3) is 0 Å². The maximum Gasteiger partial charge on any atom is 0.319 e. The molecule has 0 aliphatic heterocycles. The fourth-order valence-corrected chi connectivity index (χ4v) is 2.39. The van der Waals surface area contributed by atoms with Gasteiger partial charge < -0.3 is 15.1 Å². The number of benzene rings is 1. The van der Waals surface area contributed by atoms with Crippen molar-refractivity contribution < 1.29 is 13.4 Å². The second kappa shape index (κ2) is 6.95. The van der Waals surface area contributed by atoms with E-state index in [1.807, 2.05) is 20.8 Å². The molecule has 0 fully saturated rings. The molecule has 2 N–H and O–H groups in total. The van der Waals surface area contributed by atoms with Gasteiger partial charge in [0.2, 0.25) is 5.89 Å². The van der Waals surface area contributed by atoms with Gasteiger partial charge >= 0.3 is 6.03 Å². The molecule has 1 heterocycles. The van der Waals surface area contributed by atoms with Gasteiger partial charge in [-0.15, -0.1) is 0 Å². The van der Waals surface area contributed by atoms with Crippen LogP contribution in [0.1, 0.15) is 32.4 Å². The number of rotatable bonds is 4. The third-order valence-corrected chi connectivity index (χ3v) is 4.03. The molecule has 23 heavy (non-hydrogen) atoms. The molecule has 124 valence electrons. The van der Waals surface area contributed by atoms with Gasteiger partial charge in [0.1, 0.15) is 5.76 Å². The Labute approximate surface area is 138 Å². The normalized spacial score (nSPS) is 12.7. The van der Waals surface area contributed by atoms with Gasteiger partial charge in [-0.1, -0.05) is 26.8 Å². The van der Waals surface area contributed by atoms with Crippen molar-refractivity contribution in [2.75, 3.05) is 11.6 Å². The van der Waals surface area contributed by atoms with Crippen LogP contribution >= 0.6 is 0 Å². The smallest absolute Gasteiger partial charge is 0.319 e. The number of urea groups is 1. The lowest BCUT2D eigenvalue weighted by atomic mass is 9.94. The van der Waals surface area contributed by atoms with Crippen LogP contribution in [-0.2, 0) is 22.8 Å². The number of amides is 2. The largest absolute Gasteiger partial charge is 0.443 e. The van der Waals surface area contributed by atoms with E-state index in [9.17, 15) is 9.00 Å². The lowest BCUT2D eigenvalue weighted by Gasteiger charge is -2.13. The summed E-state index contributed by atoms with van der Waals surface area (Å²) in [7, 11) is -1.09. The molecule has 0 aliphatic carbocycles. The van der Waals surface area contributed by atoms with Crippen molar-refractivity contribution in [2.45, 2.75) is 37.6 Å². The van der Waals surface area contributed by atoms with Crippen molar-refractivity contribution in [2.24, 2.45) is 0 Å². The zero-order chi connectivity index (χ0) is 17.0. The number of nitrogens with zero attached hydrogens (tertiary/aromatic N) is 1. The molecule has 0 spiro atoms. The van der Waals surface area contributed by atoms with Gasteiger partial charge in [0.15, 0.2) is 0 Å². The topological polar surface area (TPSA) is 84.2 Å². The van der Waals surface area contributed by atoms with Gasteiger partial charge in [-0.3, -0.25) is 4.21 Å². The van der Waals surface area contributed by atoms with Gasteiger partial charge in [0, 0.05) is 33.1 Å². The van der Waals surface area contributed by atoms with Gasteiger partial charge in [0.05, 0.1) is 12.7 Å². The van der Waals surface area contributed by atoms with Crippen LogP contribution in [0, 0.1) is 0 Å². The van der Waals surface area contributed by atoms with Crippen molar-refractivity contribution >= 4 is 22.5 Å². The van der Waals surface area contributed by atoms with Crippen LogP contribution in [0.15, 0.2) is 39.8 Å². The fraction of sp³-hybridized carbons (Fsp3) is 0.375. The Morgan fingerprint density at radius 3 is 2.70 bits per heavy atom. The van der Waals surface area contributed by atoms with E-state index < -0.39 is 10.8 Å². The minimum atomic E-state index is -1.09. The molecular formula is C16H21N3O3S. The number of oxazole rings is 1. The van der Waals surface area contributed by atoms with E-state index >= 15 is 0 Å². The van der Waals surface area contributed by atoms with Gasteiger partial charge in [-0.05, 0) is 18.2 Å². The second-order valence-electron chi connectivity index (χ2n) is 6.16. The summed E-state index contributed by atoms with van der Waals surface area (Å²) < 4.78 is 17.0. The Balaban J connectivity index is 1.91. The van der Waals surface area contributed by atoms with Crippen LogP contribution in [0.25, 0.3) is 0 Å². The molecule has 2 rings (SSSR count). The van der Waals surface area contributed by atoms with Crippen LogP contribution in [0.4, 0.5) is 10.5 Å². The zero-order valence-corrected chi connectivity index (χ0v) is 14.5. The summed E-state index contributed by atoms with van der Waals surface area (Å²) in [5.74, 6) is 1.22. The number of aromatic nitrogens is 1. The summed E-state index contributed by atoms with van der Waals surface area (Å²) in [6.45, 7) is 6.29. The van der Waals surface area contributed by atoms with E-state index in [4.69, 9.17) is 4.42 Å². The van der Waals surface area contributed by atoms with E-state index in [1.54, 1.807) is 36.7 Å². The van der Waals surface area contributed by atoms with Crippen molar-refractivity contribution in [3.63, 3.8) is 0 Å². The summed E-state index contributed by atoms with van der Waals surface area (Å²) in [6, 6.07) is 6.53. The standard InChI is InChI=1S/C16H21N3O3S/c1-16(2,3)13-9-17-14(22-13)10-18-15(20)19-11-6-5-7-12(8-11)23(4)21/h5-9H,10H2,1-4H3,(H2,18,19,20)/t23-/m1/s1. The molecule has 2 amide bonds. The minimum Gasteiger partial charge on any atom is -0.443 e. The first-order valence-electron chi connectivity index (χ1n) is 7.19. The third kappa shape index (κ3) is 4.92. The quantitative estimate of drug-likeness (QED) is 0.899. The number of nitrogens with one attached hydrogen (secondary N) is 2. The van der Waals surface area contributed by atoms with E-state index in [1.165, 1.54) is 0 Å². The summed E-state index contributed by atoms with van der Waals surface area (Å²) >= 11 is 0. The van der Waals surface area contributed by atoms with E-state index in [0.717, 1.165) is 5.76 Å². The van der Waals surface area contributed by atoms with Crippen molar-refractivity contribution in [3.05, 3.63) is 42.1 Å². The van der Waals surface area contributed by atoms with Crippen LogP contribution in [-0.4, -0.2) is 21.5 Å². The SMILES string of the molecule is C[S@@](=O)c1cccc(NC(=O)NCc2ncc(C(C)(C)C)o2)c1. The average molecular weight is 335 g/mol. The zero-order valence-electron chi connectivity index (χ0n) is 13.7. The van der Waals surface area contributed by atoms with E-state index in [2.05, 4.69) is 15.6 Å². The second-order valence-corrected chi connectivity index (χ2v) is 7.54. The molecule has 1 aromatic carbocycles. The Bertz CT molecular complexity index is 719. The molecule has 1 atom stereocenters. The van der Waals surface area contributed by atoms with Crippen molar-refractivity contribution in [1.29, 1.82) is 0 Å². The predicted octanol–water partition coefficient (Wildman–Crippen LogP) is 3.03. The van der Waals surface area contributed by atoms with Crippen LogP contribution in [0.5, 0.6) is 0 Å². The van der Waals surface area contributed by atoms with Gasteiger partial charge in [-0.25, -0.2) is 9.78 Å². The molecule has 0 bridgehead atoms. The monoisotopic (exact) mass is 335 g/mol. The van der Waals surface area contributed by atoms with Crippen LogP contribution < -0.4 is 10.6 Å². The van der Waals surface area contributed by atoms with Crippen LogP contribution in [0.2, 0.25) is 0 Å². The fourth-order valence-electron chi connectivity index (χ4n) is 1.82. The summed E-state index contributed by atoms with van der Waals surface area (Å²) in [5, 5.41) is 5.37. The molecule has 6 nitrogen and oxygen atoms in total.